The zero-order chi connectivity index (χ0) is 23.7. The first-order chi connectivity index (χ1) is 14.9. The van der Waals surface area contributed by atoms with Crippen molar-refractivity contribution >= 4 is 0 Å². The van der Waals surface area contributed by atoms with E-state index >= 15 is 0 Å². The average molecular weight is 355 g/mol. The summed E-state index contributed by atoms with van der Waals surface area (Å²) in [6, 6.07) is 13.0. The van der Waals surface area contributed by atoms with Crippen molar-refractivity contribution < 1.29 is 18.4 Å². The van der Waals surface area contributed by atoms with E-state index < -0.39 is 25.5 Å². The van der Waals surface area contributed by atoms with Crippen molar-refractivity contribution in [3.63, 3.8) is 0 Å². The number of rotatable bonds is 5. The lowest BCUT2D eigenvalue weighted by atomic mass is 9.73. The van der Waals surface area contributed by atoms with Crippen LogP contribution in [0.5, 0.6) is 11.5 Å². The molecule has 0 heterocycles. The van der Waals surface area contributed by atoms with Gasteiger partial charge in [0, 0.05) is 19.7 Å². The standard InChI is InChI=1S/C24H28O2/c1-16(2)20-12-9-17(3)13-21(20)24-22(25)14-19(15-23(24)26)11-10-18-7-5-4-6-8-18/h4-8,13-15,20-21,25-26H,1,9-12H2,2-3H3/i2D3,3D3. The lowest BCUT2D eigenvalue weighted by Crippen LogP contribution is -2.17. The molecule has 0 radical (unpaired) electrons. The quantitative estimate of drug-likeness (QED) is 0.656. The van der Waals surface area contributed by atoms with Crippen LogP contribution in [0.25, 0.3) is 0 Å². The highest BCUT2D eigenvalue weighted by Crippen LogP contribution is 2.46. The second-order valence-corrected chi connectivity index (χ2v) is 6.92. The monoisotopic (exact) mass is 354 g/mol. The number of aromatic hydroxyl groups is 2. The number of hydrogen-bond acceptors (Lipinski definition) is 2. The van der Waals surface area contributed by atoms with Gasteiger partial charge in [0.2, 0.25) is 0 Å². The highest BCUT2D eigenvalue weighted by Gasteiger charge is 2.30. The summed E-state index contributed by atoms with van der Waals surface area (Å²) in [6.45, 7) is -0.993. The molecule has 0 aromatic heterocycles. The van der Waals surface area contributed by atoms with Crippen LogP contribution < -0.4 is 0 Å². The molecule has 1 aliphatic rings. The van der Waals surface area contributed by atoms with Gasteiger partial charge in [0.05, 0.1) is 0 Å². The Morgan fingerprint density at radius 2 is 1.81 bits per heavy atom. The Balaban J connectivity index is 1.98. The summed E-state index contributed by atoms with van der Waals surface area (Å²) in [5.41, 5.74) is 2.20. The van der Waals surface area contributed by atoms with Gasteiger partial charge in [-0.3, -0.25) is 0 Å². The summed E-state index contributed by atoms with van der Waals surface area (Å²) < 4.78 is 46.5. The molecule has 2 N–H and O–H groups in total. The number of hydrogen-bond donors (Lipinski definition) is 2. The van der Waals surface area contributed by atoms with Crippen LogP contribution in [-0.4, -0.2) is 10.2 Å². The van der Waals surface area contributed by atoms with Crippen LogP contribution in [0, 0.1) is 5.92 Å². The van der Waals surface area contributed by atoms with Gasteiger partial charge in [-0.2, -0.15) is 0 Å². The Morgan fingerprint density at radius 1 is 1.12 bits per heavy atom. The molecule has 2 nitrogen and oxygen atoms in total. The maximum Gasteiger partial charge on any atom is 0.123 e. The number of aryl methyl sites for hydroxylation is 2. The third-order valence-electron chi connectivity index (χ3n) is 5.06. The molecular formula is C24H28O2. The zero-order valence-corrected chi connectivity index (χ0v) is 14.7. The molecule has 2 aromatic carbocycles. The molecule has 3 rings (SSSR count). The molecule has 0 bridgehead atoms. The Morgan fingerprint density at radius 3 is 2.46 bits per heavy atom. The molecule has 1 aliphatic carbocycles. The number of allylic oxidation sites excluding steroid dienone is 3. The SMILES string of the molecule is [2H]C([2H])([2H])C(=C)C1CCC(C([2H])([2H])[2H])=CC1c1c(O)cc(CCc2ccccc2)cc1O. The molecular weight excluding hydrogens is 320 g/mol. The predicted octanol–water partition coefficient (Wildman–Crippen LogP) is 5.90. The van der Waals surface area contributed by atoms with Crippen molar-refractivity contribution in [3.8, 4) is 11.5 Å². The fraction of sp³-hybridized carbons (Fsp3) is 0.333. The zero-order valence-electron chi connectivity index (χ0n) is 20.7. The topological polar surface area (TPSA) is 40.5 Å². The molecule has 2 unspecified atom stereocenters. The van der Waals surface area contributed by atoms with Crippen LogP contribution in [-0.2, 0) is 12.8 Å². The van der Waals surface area contributed by atoms with E-state index in [1.807, 2.05) is 30.3 Å². The molecule has 26 heavy (non-hydrogen) atoms. The fourth-order valence-electron chi connectivity index (χ4n) is 3.68. The molecule has 136 valence electrons. The highest BCUT2D eigenvalue weighted by atomic mass is 16.3. The van der Waals surface area contributed by atoms with Gasteiger partial charge in [0.15, 0.2) is 0 Å². The second kappa shape index (κ2) is 7.82. The summed E-state index contributed by atoms with van der Waals surface area (Å²) in [5.74, 6) is -1.77. The minimum absolute atomic E-state index is 0.00436. The van der Waals surface area contributed by atoms with Gasteiger partial charge in [-0.1, -0.05) is 54.1 Å². The molecule has 0 aliphatic heterocycles. The lowest BCUT2D eigenvalue weighted by molar-refractivity contribution is 0.406. The Kier molecular flexibility index (Phi) is 3.61. The van der Waals surface area contributed by atoms with E-state index in [1.165, 1.54) is 6.08 Å². The van der Waals surface area contributed by atoms with E-state index in [4.69, 9.17) is 8.22 Å². The van der Waals surface area contributed by atoms with E-state index in [0.29, 0.717) is 6.42 Å². The largest absolute Gasteiger partial charge is 0.507 e. The van der Waals surface area contributed by atoms with Crippen LogP contribution in [0.4, 0.5) is 0 Å². The minimum Gasteiger partial charge on any atom is -0.507 e. The average Bonchev–Trinajstić information content (AvgIpc) is 2.70. The van der Waals surface area contributed by atoms with Crippen molar-refractivity contribution in [2.75, 3.05) is 0 Å². The van der Waals surface area contributed by atoms with Crippen LogP contribution in [0.15, 0.2) is 66.3 Å². The Hall–Kier alpha value is -2.48. The molecule has 2 heteroatoms. The van der Waals surface area contributed by atoms with E-state index in [1.54, 1.807) is 12.1 Å². The fourth-order valence-corrected chi connectivity index (χ4v) is 3.68. The predicted molar refractivity (Wildman–Crippen MR) is 108 cm³/mol. The molecule has 2 aromatic rings. The van der Waals surface area contributed by atoms with Crippen molar-refractivity contribution in [3.05, 3.63) is 83.0 Å². The van der Waals surface area contributed by atoms with Crippen molar-refractivity contribution in [2.24, 2.45) is 5.92 Å². The second-order valence-electron chi connectivity index (χ2n) is 6.92. The normalized spacial score (nSPS) is 24.2. The van der Waals surface area contributed by atoms with Gasteiger partial charge in [-0.05, 0) is 68.6 Å². The van der Waals surface area contributed by atoms with E-state index in [-0.39, 0.29) is 41.1 Å². The van der Waals surface area contributed by atoms with Crippen molar-refractivity contribution in [1.29, 1.82) is 0 Å². The van der Waals surface area contributed by atoms with Crippen LogP contribution in [0.3, 0.4) is 0 Å². The van der Waals surface area contributed by atoms with Gasteiger partial charge in [-0.15, -0.1) is 0 Å². The maximum absolute atomic E-state index is 10.8. The highest BCUT2D eigenvalue weighted by molar-refractivity contribution is 5.52. The van der Waals surface area contributed by atoms with Gasteiger partial charge < -0.3 is 10.2 Å². The summed E-state index contributed by atoms with van der Waals surface area (Å²) in [4.78, 5) is 0. The smallest absolute Gasteiger partial charge is 0.123 e. The van der Waals surface area contributed by atoms with Gasteiger partial charge in [0.1, 0.15) is 11.5 Å². The van der Waals surface area contributed by atoms with Crippen LogP contribution in [0.2, 0.25) is 0 Å². The third-order valence-corrected chi connectivity index (χ3v) is 5.06. The summed E-state index contributed by atoms with van der Waals surface area (Å²) in [7, 11) is 0. The first-order valence-corrected chi connectivity index (χ1v) is 8.87. The molecule has 0 amide bonds. The van der Waals surface area contributed by atoms with Crippen LogP contribution >= 0.6 is 0 Å². The van der Waals surface area contributed by atoms with Crippen LogP contribution in [0.1, 0.15) is 57.4 Å². The first-order valence-electron chi connectivity index (χ1n) is 11.9. The number of phenols is 2. The first kappa shape index (κ1) is 12.0. The number of benzene rings is 2. The summed E-state index contributed by atoms with van der Waals surface area (Å²) in [5, 5.41) is 21.6. The molecule has 0 saturated heterocycles. The van der Waals surface area contributed by atoms with Crippen molar-refractivity contribution in [1.82, 2.24) is 0 Å². The Bertz CT molecular complexity index is 982. The summed E-state index contributed by atoms with van der Waals surface area (Å²) >= 11 is 0. The third kappa shape index (κ3) is 4.01. The maximum atomic E-state index is 10.8. The summed E-state index contributed by atoms with van der Waals surface area (Å²) in [6.07, 6.45) is 3.28. The van der Waals surface area contributed by atoms with Crippen molar-refractivity contribution in [2.45, 2.75) is 45.3 Å². The van der Waals surface area contributed by atoms with E-state index in [2.05, 4.69) is 6.58 Å². The molecule has 0 spiro atoms. The molecule has 0 fully saturated rings. The van der Waals surface area contributed by atoms with Gasteiger partial charge >= 0.3 is 0 Å². The lowest BCUT2D eigenvalue weighted by Gasteiger charge is -2.31. The minimum atomic E-state index is -2.42. The van der Waals surface area contributed by atoms with E-state index in [9.17, 15) is 10.2 Å². The Labute approximate surface area is 165 Å². The molecule has 2 atom stereocenters. The van der Waals surface area contributed by atoms with E-state index in [0.717, 1.165) is 17.5 Å². The molecule has 0 saturated carbocycles. The van der Waals surface area contributed by atoms with Gasteiger partial charge in [-0.25, -0.2) is 0 Å². The number of phenolic OH excluding ortho intramolecular Hbond substituents is 2. The van der Waals surface area contributed by atoms with Gasteiger partial charge in [0.25, 0.3) is 0 Å².